The molecule has 2 heterocycles. The van der Waals surface area contributed by atoms with Crippen LogP contribution in [0.3, 0.4) is 0 Å². The minimum absolute atomic E-state index is 0.000421. The van der Waals surface area contributed by atoms with Crippen molar-refractivity contribution in [1.29, 1.82) is 0 Å². The van der Waals surface area contributed by atoms with E-state index in [1.165, 1.54) is 7.11 Å². The average molecular weight is 418 g/mol. The third-order valence-corrected chi connectivity index (χ3v) is 6.15. The molecule has 5 heteroatoms. The molecule has 1 aliphatic rings. The summed E-state index contributed by atoms with van der Waals surface area (Å²) in [7, 11) is 3.01. The van der Waals surface area contributed by atoms with Crippen LogP contribution in [0.25, 0.3) is 22.4 Å². The Bertz CT molecular complexity index is 1210. The van der Waals surface area contributed by atoms with Crippen molar-refractivity contribution >= 4 is 5.97 Å². The van der Waals surface area contributed by atoms with E-state index in [0.29, 0.717) is 11.5 Å². The van der Waals surface area contributed by atoms with Crippen LogP contribution in [-0.4, -0.2) is 24.8 Å². The highest BCUT2D eigenvalue weighted by molar-refractivity contribution is 5.99. The van der Waals surface area contributed by atoms with Gasteiger partial charge in [-0.1, -0.05) is 26.0 Å². The first-order valence-electron chi connectivity index (χ1n) is 10.5. The van der Waals surface area contributed by atoms with Gasteiger partial charge in [-0.05, 0) is 60.2 Å². The van der Waals surface area contributed by atoms with Crippen molar-refractivity contribution in [2.24, 2.45) is 5.92 Å². The molecule has 4 rings (SSSR count). The van der Waals surface area contributed by atoms with E-state index in [0.717, 1.165) is 45.7 Å². The van der Waals surface area contributed by atoms with Crippen molar-refractivity contribution in [2.45, 2.75) is 33.2 Å². The van der Waals surface area contributed by atoms with Gasteiger partial charge in [0.2, 0.25) is 0 Å². The number of methoxy groups -OCH3 is 2. The van der Waals surface area contributed by atoms with Crippen LogP contribution in [0.15, 0.2) is 53.5 Å². The fourth-order valence-electron chi connectivity index (χ4n) is 4.37. The smallest absolute Gasteiger partial charge is 0.338 e. The lowest BCUT2D eigenvalue weighted by molar-refractivity contribution is 0.0601. The van der Waals surface area contributed by atoms with Gasteiger partial charge in [-0.2, -0.15) is 0 Å². The normalized spacial score (nSPS) is 14.7. The minimum Gasteiger partial charge on any atom is -0.497 e. The van der Waals surface area contributed by atoms with Gasteiger partial charge in [0.1, 0.15) is 5.75 Å². The first-order valence-corrected chi connectivity index (χ1v) is 10.5. The first-order chi connectivity index (χ1) is 14.8. The van der Waals surface area contributed by atoms with Gasteiger partial charge >= 0.3 is 5.97 Å². The molecule has 0 radical (unpaired) electrons. The minimum atomic E-state index is -0.402. The highest BCUT2D eigenvalue weighted by atomic mass is 16.5. The Kier molecular flexibility index (Phi) is 5.44. The molecule has 3 aromatic rings. The Balaban J connectivity index is 1.98. The van der Waals surface area contributed by atoms with Crippen LogP contribution in [-0.2, 0) is 11.2 Å². The standard InChI is InChI=1S/C26H27NO4/c1-15(2)23-11-18-10-20(17-6-8-19(30-4)9-7-17)22(26(29)31-5)12-21(18)24-13-25(28)16(3)14-27(23)24/h6-10,12-15,23H,11H2,1-5H3. The summed E-state index contributed by atoms with van der Waals surface area (Å²) in [5.74, 6) is 0.740. The lowest BCUT2D eigenvalue weighted by Crippen LogP contribution is -2.26. The maximum absolute atomic E-state index is 12.7. The van der Waals surface area contributed by atoms with E-state index < -0.39 is 5.97 Å². The Labute approximate surface area is 182 Å². The summed E-state index contributed by atoms with van der Waals surface area (Å²) in [4.78, 5) is 25.2. The fourth-order valence-corrected chi connectivity index (χ4v) is 4.37. The summed E-state index contributed by atoms with van der Waals surface area (Å²) in [5.41, 5.74) is 5.82. The van der Waals surface area contributed by atoms with Crippen LogP contribution < -0.4 is 10.2 Å². The molecule has 0 saturated heterocycles. The van der Waals surface area contributed by atoms with Gasteiger partial charge in [-0.15, -0.1) is 0 Å². The molecular formula is C26H27NO4. The summed E-state index contributed by atoms with van der Waals surface area (Å²) in [6, 6.07) is 13.5. The van der Waals surface area contributed by atoms with Gasteiger partial charge in [-0.25, -0.2) is 4.79 Å². The van der Waals surface area contributed by atoms with E-state index in [-0.39, 0.29) is 11.5 Å². The van der Waals surface area contributed by atoms with Crippen LogP contribution in [0.4, 0.5) is 0 Å². The molecule has 0 amide bonds. The topological polar surface area (TPSA) is 57.5 Å². The highest BCUT2D eigenvalue weighted by Crippen LogP contribution is 2.41. The van der Waals surface area contributed by atoms with E-state index in [4.69, 9.17) is 9.47 Å². The maximum atomic E-state index is 12.7. The van der Waals surface area contributed by atoms with Gasteiger partial charge in [0.15, 0.2) is 5.43 Å². The number of rotatable bonds is 4. The molecule has 1 unspecified atom stereocenters. The highest BCUT2D eigenvalue weighted by Gasteiger charge is 2.29. The Morgan fingerprint density at radius 1 is 1.06 bits per heavy atom. The summed E-state index contributed by atoms with van der Waals surface area (Å²) in [5, 5.41) is 0. The number of fused-ring (bicyclic) bond motifs is 3. The van der Waals surface area contributed by atoms with Gasteiger partial charge in [0.05, 0.1) is 25.5 Å². The number of carbonyl (C=O) groups is 1. The number of hydrogen-bond donors (Lipinski definition) is 0. The summed E-state index contributed by atoms with van der Waals surface area (Å²) >= 11 is 0. The molecule has 0 aliphatic carbocycles. The number of esters is 1. The Morgan fingerprint density at radius 2 is 1.77 bits per heavy atom. The number of benzene rings is 2. The predicted molar refractivity (Wildman–Crippen MR) is 122 cm³/mol. The molecule has 2 aromatic carbocycles. The number of aromatic nitrogens is 1. The van der Waals surface area contributed by atoms with Gasteiger partial charge in [0.25, 0.3) is 0 Å². The number of carbonyl (C=O) groups excluding carboxylic acids is 1. The van der Waals surface area contributed by atoms with Crippen molar-refractivity contribution in [2.75, 3.05) is 14.2 Å². The van der Waals surface area contributed by atoms with Crippen LogP contribution in [0, 0.1) is 12.8 Å². The van der Waals surface area contributed by atoms with Crippen LogP contribution in [0.1, 0.15) is 41.4 Å². The fraction of sp³-hybridized carbons (Fsp3) is 0.308. The zero-order valence-electron chi connectivity index (χ0n) is 18.6. The molecule has 0 saturated carbocycles. The Hall–Kier alpha value is -3.34. The molecule has 31 heavy (non-hydrogen) atoms. The predicted octanol–water partition coefficient (Wildman–Crippen LogP) is 5.04. The molecule has 0 N–H and O–H groups in total. The SMILES string of the molecule is COC(=O)c1cc2c(cc1-c1ccc(OC)cc1)CC(C(C)C)n1cc(C)c(=O)cc1-2. The van der Waals surface area contributed by atoms with Gasteiger partial charge in [0, 0.05) is 29.4 Å². The van der Waals surface area contributed by atoms with Crippen molar-refractivity contribution in [3.8, 4) is 28.1 Å². The number of ether oxygens (including phenoxy) is 2. The number of aryl methyl sites for hydroxylation is 1. The van der Waals surface area contributed by atoms with Crippen LogP contribution >= 0.6 is 0 Å². The lowest BCUT2D eigenvalue weighted by Gasteiger charge is -2.34. The Morgan fingerprint density at radius 3 is 2.39 bits per heavy atom. The van der Waals surface area contributed by atoms with E-state index in [2.05, 4.69) is 24.5 Å². The molecule has 1 atom stereocenters. The molecule has 0 fully saturated rings. The van der Waals surface area contributed by atoms with E-state index in [9.17, 15) is 9.59 Å². The number of hydrogen-bond acceptors (Lipinski definition) is 4. The molecule has 0 spiro atoms. The van der Waals surface area contributed by atoms with Crippen LogP contribution in [0.5, 0.6) is 5.75 Å². The van der Waals surface area contributed by atoms with E-state index >= 15 is 0 Å². The second-order valence-electron chi connectivity index (χ2n) is 8.40. The molecule has 160 valence electrons. The van der Waals surface area contributed by atoms with Gasteiger partial charge < -0.3 is 14.0 Å². The third-order valence-electron chi connectivity index (χ3n) is 6.15. The molecule has 1 aromatic heterocycles. The second-order valence-corrected chi connectivity index (χ2v) is 8.40. The van der Waals surface area contributed by atoms with E-state index in [1.54, 1.807) is 13.2 Å². The van der Waals surface area contributed by atoms with Crippen molar-refractivity contribution in [3.05, 3.63) is 75.6 Å². The maximum Gasteiger partial charge on any atom is 0.338 e. The zero-order chi connectivity index (χ0) is 22.3. The third kappa shape index (κ3) is 3.65. The van der Waals surface area contributed by atoms with Crippen molar-refractivity contribution in [3.63, 3.8) is 0 Å². The summed E-state index contributed by atoms with van der Waals surface area (Å²) in [6.45, 7) is 6.23. The van der Waals surface area contributed by atoms with Gasteiger partial charge in [-0.3, -0.25) is 4.79 Å². The van der Waals surface area contributed by atoms with Crippen molar-refractivity contribution in [1.82, 2.24) is 4.57 Å². The zero-order valence-corrected chi connectivity index (χ0v) is 18.6. The summed E-state index contributed by atoms with van der Waals surface area (Å²) in [6.07, 6.45) is 2.77. The first kappa shape index (κ1) is 20.9. The average Bonchev–Trinajstić information content (AvgIpc) is 2.78. The largest absolute Gasteiger partial charge is 0.497 e. The molecular weight excluding hydrogens is 390 g/mol. The summed E-state index contributed by atoms with van der Waals surface area (Å²) < 4.78 is 12.6. The second kappa shape index (κ2) is 8.06. The molecule has 0 bridgehead atoms. The number of nitrogens with zero attached hydrogens (tertiary/aromatic N) is 1. The van der Waals surface area contributed by atoms with Crippen LogP contribution in [0.2, 0.25) is 0 Å². The number of pyridine rings is 1. The quantitative estimate of drug-likeness (QED) is 0.558. The monoisotopic (exact) mass is 417 g/mol. The van der Waals surface area contributed by atoms with E-state index in [1.807, 2.05) is 43.5 Å². The van der Waals surface area contributed by atoms with Crippen molar-refractivity contribution < 1.29 is 14.3 Å². The molecule has 1 aliphatic heterocycles. The molecule has 5 nitrogen and oxygen atoms in total. The lowest BCUT2D eigenvalue weighted by atomic mass is 9.84.